The molecule has 0 unspecified atom stereocenters. The highest BCUT2D eigenvalue weighted by Crippen LogP contribution is 2.32. The molecule has 3 rings (SSSR count). The fraction of sp³-hybridized carbons (Fsp3) is 0.400. The summed E-state index contributed by atoms with van der Waals surface area (Å²) in [6.45, 7) is 10.4. The second kappa shape index (κ2) is 8.96. The van der Waals surface area contributed by atoms with Crippen LogP contribution in [0.5, 0.6) is 0 Å². The molecular weight excluding hydrogens is 390 g/mol. The molecule has 0 aliphatic carbocycles. The minimum absolute atomic E-state index is 0.142. The van der Waals surface area contributed by atoms with Crippen LogP contribution >= 0.6 is 23.7 Å². The molecule has 1 amide bonds. The molecule has 2 heterocycles. The fourth-order valence-corrected chi connectivity index (χ4v) is 4.67. The van der Waals surface area contributed by atoms with Crippen LogP contribution in [0.15, 0.2) is 39.2 Å². The first kappa shape index (κ1) is 20.7. The molecule has 2 aliphatic heterocycles. The van der Waals surface area contributed by atoms with Gasteiger partial charge in [-0.1, -0.05) is 37.7 Å². The van der Waals surface area contributed by atoms with Gasteiger partial charge in [0.25, 0.3) is 5.91 Å². The number of anilines is 1. The van der Waals surface area contributed by atoms with E-state index in [1.807, 2.05) is 24.3 Å². The summed E-state index contributed by atoms with van der Waals surface area (Å²) in [5.41, 5.74) is 2.32. The lowest BCUT2D eigenvalue weighted by molar-refractivity contribution is -0.114. The van der Waals surface area contributed by atoms with Gasteiger partial charge >= 0.3 is 0 Å². The van der Waals surface area contributed by atoms with Crippen molar-refractivity contribution in [2.75, 3.05) is 23.7 Å². The number of nitrogens with zero attached hydrogens (tertiary/aromatic N) is 4. The van der Waals surface area contributed by atoms with Gasteiger partial charge in [-0.15, -0.1) is 0 Å². The van der Waals surface area contributed by atoms with E-state index in [9.17, 15) is 4.79 Å². The highest BCUT2D eigenvalue weighted by molar-refractivity contribution is 8.19. The number of hydrogen-bond donors (Lipinski definition) is 1. The summed E-state index contributed by atoms with van der Waals surface area (Å²) in [6.07, 6.45) is 1.74. The zero-order valence-electron chi connectivity index (χ0n) is 16.6. The summed E-state index contributed by atoms with van der Waals surface area (Å²) in [5, 5.41) is 9.77. The summed E-state index contributed by atoms with van der Waals surface area (Å²) >= 11 is 2.75. The number of thioether (sulfide) groups is 1. The van der Waals surface area contributed by atoms with E-state index in [1.165, 1.54) is 0 Å². The lowest BCUT2D eigenvalue weighted by atomic mass is 10.1. The van der Waals surface area contributed by atoms with Crippen molar-refractivity contribution in [2.45, 2.75) is 27.7 Å². The van der Waals surface area contributed by atoms with Crippen molar-refractivity contribution in [3.05, 3.63) is 35.4 Å². The second-order valence-electron chi connectivity index (χ2n) is 6.88. The molecule has 0 saturated carbocycles. The number of carbonyl (C=O) groups is 1. The largest absolute Gasteiger partial charge is 0.372 e. The van der Waals surface area contributed by atoms with E-state index in [1.54, 1.807) is 22.7 Å². The first-order valence-electron chi connectivity index (χ1n) is 9.41. The predicted molar refractivity (Wildman–Crippen MR) is 122 cm³/mol. The van der Waals surface area contributed by atoms with Crippen LogP contribution in [0.4, 0.5) is 5.69 Å². The number of amides is 1. The number of aliphatic imine (C=N–C) groups is 1. The van der Waals surface area contributed by atoms with Crippen LogP contribution in [0, 0.1) is 11.3 Å². The van der Waals surface area contributed by atoms with E-state index in [2.05, 4.69) is 42.0 Å². The molecule has 1 N–H and O–H groups in total. The molecule has 28 heavy (non-hydrogen) atoms. The molecule has 0 aromatic heterocycles. The highest BCUT2D eigenvalue weighted by atomic mass is 32.2. The van der Waals surface area contributed by atoms with E-state index in [-0.39, 0.29) is 11.7 Å². The Morgan fingerprint density at radius 1 is 1.25 bits per heavy atom. The van der Waals surface area contributed by atoms with Crippen LogP contribution in [0.1, 0.15) is 33.3 Å². The monoisotopic (exact) mass is 415 g/mol. The van der Waals surface area contributed by atoms with E-state index < -0.39 is 0 Å². The van der Waals surface area contributed by atoms with Crippen molar-refractivity contribution in [3.8, 4) is 0 Å². The van der Waals surface area contributed by atoms with Crippen LogP contribution in [0.2, 0.25) is 0 Å². The normalized spacial score (nSPS) is 17.9. The second-order valence-corrected chi connectivity index (χ2v) is 8.59. The standard InChI is InChI=1S/C20H25N5OS2/c1-5-24(6-2)15-9-7-14(8-10-15)11-16-17(21)25-19(22-18(16)26)28-23-20(25)27-12-13(3)4/h7-11,13,21H,5-6,12H2,1-4H3/b16-11-,21-17?. The van der Waals surface area contributed by atoms with Crippen molar-refractivity contribution in [3.63, 3.8) is 0 Å². The van der Waals surface area contributed by atoms with Gasteiger partial charge in [0.15, 0.2) is 5.17 Å². The SMILES string of the molecule is CCN(CC)c1ccc(/C=C2/C(=N)N3C(SCC(C)C)=NSC3=NC2=O)cc1. The highest BCUT2D eigenvalue weighted by Gasteiger charge is 2.37. The van der Waals surface area contributed by atoms with Crippen LogP contribution in [-0.2, 0) is 4.79 Å². The third kappa shape index (κ3) is 4.33. The number of amidine groups is 3. The maximum absolute atomic E-state index is 12.5. The molecule has 8 heteroatoms. The number of benzene rings is 1. The molecule has 1 aromatic carbocycles. The predicted octanol–water partition coefficient (Wildman–Crippen LogP) is 4.50. The first-order valence-corrected chi connectivity index (χ1v) is 11.2. The fourth-order valence-electron chi connectivity index (χ4n) is 2.87. The van der Waals surface area contributed by atoms with Crippen molar-refractivity contribution in [2.24, 2.45) is 15.3 Å². The summed E-state index contributed by atoms with van der Waals surface area (Å²) in [5.74, 6) is 1.17. The van der Waals surface area contributed by atoms with Gasteiger partial charge in [0.2, 0.25) is 5.17 Å². The summed E-state index contributed by atoms with van der Waals surface area (Å²) in [6, 6.07) is 8.04. The lowest BCUT2D eigenvalue weighted by Gasteiger charge is -2.24. The van der Waals surface area contributed by atoms with Gasteiger partial charge in [-0.3, -0.25) is 10.2 Å². The Hall–Kier alpha value is -2.06. The number of carbonyl (C=O) groups excluding carboxylic acids is 1. The van der Waals surface area contributed by atoms with E-state index in [4.69, 9.17) is 5.41 Å². The van der Waals surface area contributed by atoms with E-state index in [0.717, 1.165) is 47.2 Å². The molecule has 0 radical (unpaired) electrons. The Bertz CT molecular complexity index is 854. The molecule has 2 aliphatic rings. The zero-order chi connectivity index (χ0) is 20.3. The Labute approximate surface area is 174 Å². The van der Waals surface area contributed by atoms with Gasteiger partial charge in [-0.25, -0.2) is 4.90 Å². The topological polar surface area (TPSA) is 72.1 Å². The third-order valence-corrected chi connectivity index (χ3v) is 6.56. The minimum atomic E-state index is -0.387. The molecular formula is C20H25N5OS2. The molecule has 0 saturated heterocycles. The third-order valence-electron chi connectivity index (χ3n) is 4.37. The molecule has 0 spiro atoms. The summed E-state index contributed by atoms with van der Waals surface area (Å²) in [7, 11) is 0. The Kier molecular flexibility index (Phi) is 6.61. The Balaban J connectivity index is 1.83. The van der Waals surface area contributed by atoms with E-state index >= 15 is 0 Å². The number of rotatable bonds is 6. The average molecular weight is 416 g/mol. The minimum Gasteiger partial charge on any atom is -0.372 e. The van der Waals surface area contributed by atoms with Crippen molar-refractivity contribution in [1.29, 1.82) is 5.41 Å². The van der Waals surface area contributed by atoms with Crippen LogP contribution in [0.3, 0.4) is 0 Å². The molecule has 0 atom stereocenters. The quantitative estimate of drug-likeness (QED) is 0.547. The van der Waals surface area contributed by atoms with Crippen LogP contribution in [0.25, 0.3) is 6.08 Å². The molecule has 0 bridgehead atoms. The van der Waals surface area contributed by atoms with Crippen molar-refractivity contribution in [1.82, 2.24) is 4.90 Å². The average Bonchev–Trinajstić information content (AvgIpc) is 3.08. The van der Waals surface area contributed by atoms with Crippen LogP contribution in [-0.4, -0.2) is 45.8 Å². The van der Waals surface area contributed by atoms with Crippen molar-refractivity contribution >= 4 is 57.6 Å². The van der Waals surface area contributed by atoms with Gasteiger partial charge in [-0.2, -0.15) is 9.39 Å². The smallest absolute Gasteiger partial charge is 0.283 e. The molecule has 148 valence electrons. The molecule has 1 aromatic rings. The number of hydrogen-bond acceptors (Lipinski definition) is 6. The van der Waals surface area contributed by atoms with Crippen molar-refractivity contribution < 1.29 is 4.79 Å². The van der Waals surface area contributed by atoms with Gasteiger partial charge < -0.3 is 4.90 Å². The summed E-state index contributed by atoms with van der Waals surface area (Å²) in [4.78, 5) is 20.6. The van der Waals surface area contributed by atoms with Crippen LogP contribution < -0.4 is 4.90 Å². The zero-order valence-corrected chi connectivity index (χ0v) is 18.2. The molecule has 6 nitrogen and oxygen atoms in total. The van der Waals surface area contributed by atoms with Gasteiger partial charge in [0.1, 0.15) is 5.84 Å². The number of fused-ring (bicyclic) bond motifs is 1. The molecule has 0 fully saturated rings. The first-order chi connectivity index (χ1) is 13.4. The van der Waals surface area contributed by atoms with E-state index in [0.29, 0.717) is 16.7 Å². The van der Waals surface area contributed by atoms with Gasteiger partial charge in [-0.05, 0) is 43.5 Å². The lowest BCUT2D eigenvalue weighted by Crippen LogP contribution is -2.41. The number of nitrogens with one attached hydrogen (secondary N) is 1. The van der Waals surface area contributed by atoms with Gasteiger partial charge in [0.05, 0.1) is 17.5 Å². The Morgan fingerprint density at radius 2 is 1.93 bits per heavy atom. The maximum atomic E-state index is 12.5. The van der Waals surface area contributed by atoms with Gasteiger partial charge in [0, 0.05) is 24.5 Å². The maximum Gasteiger partial charge on any atom is 0.283 e. The Morgan fingerprint density at radius 3 is 2.54 bits per heavy atom. The summed E-state index contributed by atoms with van der Waals surface area (Å²) < 4.78 is 4.39.